The molecule has 0 atom stereocenters. The molecule has 2 rings (SSSR count). The molecule has 0 radical (unpaired) electrons. The molecule has 0 aliphatic carbocycles. The van der Waals surface area contributed by atoms with Crippen LogP contribution in [0.25, 0.3) is 10.9 Å². The molecule has 1 aromatic carbocycles. The van der Waals surface area contributed by atoms with Crippen LogP contribution in [0.5, 0.6) is 0 Å². The van der Waals surface area contributed by atoms with Gasteiger partial charge in [0, 0.05) is 17.1 Å². The average molecular weight is 266 g/mol. The zero-order valence-corrected chi connectivity index (χ0v) is 10.3. The number of H-pyrrole nitrogens is 1. The number of amides is 2. The summed E-state index contributed by atoms with van der Waals surface area (Å²) in [5.74, 6) is -0.815. The minimum absolute atomic E-state index is 0.0922. The molecule has 3 N–H and O–H groups in total. The molecule has 1 aromatic heterocycles. The molecule has 0 saturated heterocycles. The van der Waals surface area contributed by atoms with Crippen molar-refractivity contribution < 1.29 is 9.59 Å². The zero-order chi connectivity index (χ0) is 13.0. The van der Waals surface area contributed by atoms with Gasteiger partial charge in [0.15, 0.2) is 0 Å². The number of aromatic nitrogens is 1. The summed E-state index contributed by atoms with van der Waals surface area (Å²) < 4.78 is 0. The van der Waals surface area contributed by atoms with Gasteiger partial charge in [-0.1, -0.05) is 18.2 Å². The second-order valence-corrected chi connectivity index (χ2v) is 3.97. The monoisotopic (exact) mass is 265 g/mol. The molecule has 2 aromatic rings. The number of carbonyl (C=O) groups excluding carboxylic acids is 2. The molecule has 0 unspecified atom stereocenters. The van der Waals surface area contributed by atoms with E-state index in [0.717, 1.165) is 10.9 Å². The van der Waals surface area contributed by atoms with E-state index < -0.39 is 0 Å². The number of hydrogen-bond donors (Lipinski definition) is 3. The Morgan fingerprint density at radius 1 is 1.22 bits per heavy atom. The van der Waals surface area contributed by atoms with Gasteiger partial charge in [0.1, 0.15) is 5.88 Å². The van der Waals surface area contributed by atoms with E-state index in [1.807, 2.05) is 24.3 Å². The van der Waals surface area contributed by atoms with Gasteiger partial charge in [-0.05, 0) is 6.07 Å². The predicted octanol–water partition coefficient (Wildman–Crippen LogP) is 1.46. The van der Waals surface area contributed by atoms with Crippen LogP contribution in [-0.2, 0) is 9.59 Å². The number of aromatic amines is 1. The van der Waals surface area contributed by atoms with Gasteiger partial charge in [-0.2, -0.15) is 0 Å². The number of para-hydroxylation sites is 1. The van der Waals surface area contributed by atoms with Crippen molar-refractivity contribution in [1.82, 2.24) is 10.3 Å². The van der Waals surface area contributed by atoms with Crippen LogP contribution in [0.1, 0.15) is 0 Å². The third-order valence-electron chi connectivity index (χ3n) is 2.43. The Bertz CT molecular complexity index is 579. The maximum absolute atomic E-state index is 11.6. The molecule has 0 spiro atoms. The molecular weight excluding hydrogens is 254 g/mol. The number of rotatable bonds is 4. The lowest BCUT2D eigenvalue weighted by molar-refractivity contribution is -0.122. The number of nitrogens with one attached hydrogen (secondary N) is 3. The van der Waals surface area contributed by atoms with Crippen LogP contribution in [0.15, 0.2) is 30.5 Å². The Morgan fingerprint density at radius 3 is 2.78 bits per heavy atom. The van der Waals surface area contributed by atoms with Crippen molar-refractivity contribution in [3.63, 3.8) is 0 Å². The Labute approximate surface area is 109 Å². The van der Waals surface area contributed by atoms with Gasteiger partial charge < -0.3 is 15.6 Å². The van der Waals surface area contributed by atoms with E-state index in [-0.39, 0.29) is 24.2 Å². The highest BCUT2D eigenvalue weighted by molar-refractivity contribution is 6.27. The molecule has 6 heteroatoms. The largest absolute Gasteiger partial charge is 0.359 e. The van der Waals surface area contributed by atoms with Gasteiger partial charge >= 0.3 is 0 Å². The Hall–Kier alpha value is -2.01. The third-order valence-corrected chi connectivity index (χ3v) is 2.67. The van der Waals surface area contributed by atoms with Crippen LogP contribution >= 0.6 is 11.6 Å². The Balaban J connectivity index is 2.01. The maximum Gasteiger partial charge on any atom is 0.243 e. The summed E-state index contributed by atoms with van der Waals surface area (Å²) in [6.07, 6.45) is 1.71. The van der Waals surface area contributed by atoms with Gasteiger partial charge in [-0.25, -0.2) is 0 Å². The van der Waals surface area contributed by atoms with Gasteiger partial charge in [-0.15, -0.1) is 11.6 Å². The molecule has 2 amide bonds. The highest BCUT2D eigenvalue weighted by Gasteiger charge is 2.08. The van der Waals surface area contributed by atoms with Crippen molar-refractivity contribution >= 4 is 40.0 Å². The van der Waals surface area contributed by atoms with E-state index in [1.165, 1.54) is 0 Å². The third kappa shape index (κ3) is 2.81. The van der Waals surface area contributed by atoms with Crippen LogP contribution in [0.3, 0.4) is 0 Å². The van der Waals surface area contributed by atoms with Crippen molar-refractivity contribution in [3.05, 3.63) is 30.5 Å². The molecule has 0 aliphatic rings. The summed E-state index contributed by atoms with van der Waals surface area (Å²) in [6.45, 7) is -0.0922. The van der Waals surface area contributed by atoms with E-state index in [1.54, 1.807) is 6.20 Å². The fourth-order valence-corrected chi connectivity index (χ4v) is 1.69. The molecule has 0 bridgehead atoms. The summed E-state index contributed by atoms with van der Waals surface area (Å²) in [4.78, 5) is 25.5. The normalized spacial score (nSPS) is 10.3. The van der Waals surface area contributed by atoms with Crippen molar-refractivity contribution in [2.45, 2.75) is 0 Å². The molecular formula is C12H12ClN3O2. The number of hydrogen-bond acceptors (Lipinski definition) is 2. The lowest BCUT2D eigenvalue weighted by Crippen LogP contribution is -2.33. The second kappa shape index (κ2) is 5.55. The SMILES string of the molecule is O=C(CCl)NCC(=O)Nc1c[nH]c2ccccc12. The highest BCUT2D eigenvalue weighted by Crippen LogP contribution is 2.22. The lowest BCUT2D eigenvalue weighted by atomic mass is 10.2. The number of alkyl halides is 1. The first-order valence-electron chi connectivity index (χ1n) is 5.39. The van der Waals surface area contributed by atoms with Crippen molar-refractivity contribution in [2.24, 2.45) is 0 Å². The van der Waals surface area contributed by atoms with E-state index in [4.69, 9.17) is 11.6 Å². The van der Waals surface area contributed by atoms with Crippen LogP contribution in [0, 0.1) is 0 Å². The van der Waals surface area contributed by atoms with E-state index >= 15 is 0 Å². The van der Waals surface area contributed by atoms with Gasteiger partial charge in [0.25, 0.3) is 0 Å². The summed E-state index contributed by atoms with van der Waals surface area (Å²) in [6, 6.07) is 7.62. The highest BCUT2D eigenvalue weighted by atomic mass is 35.5. The fraction of sp³-hybridized carbons (Fsp3) is 0.167. The first kappa shape index (κ1) is 12.4. The first-order chi connectivity index (χ1) is 8.70. The Morgan fingerprint density at radius 2 is 2.00 bits per heavy atom. The number of carbonyl (C=O) groups is 2. The minimum Gasteiger partial charge on any atom is -0.359 e. The van der Waals surface area contributed by atoms with E-state index in [9.17, 15) is 9.59 Å². The molecule has 5 nitrogen and oxygen atoms in total. The second-order valence-electron chi connectivity index (χ2n) is 3.71. The molecule has 94 valence electrons. The molecule has 0 aliphatic heterocycles. The number of fused-ring (bicyclic) bond motifs is 1. The van der Waals surface area contributed by atoms with Crippen molar-refractivity contribution in [2.75, 3.05) is 17.7 Å². The standard InChI is InChI=1S/C12H12ClN3O2/c13-5-11(17)15-7-12(18)16-10-6-14-9-4-2-1-3-8(9)10/h1-4,6,14H,5,7H2,(H,15,17)(H,16,18). The summed E-state index contributed by atoms with van der Waals surface area (Å²) in [5.41, 5.74) is 1.63. The zero-order valence-electron chi connectivity index (χ0n) is 9.50. The first-order valence-corrected chi connectivity index (χ1v) is 5.93. The number of anilines is 1. The Kier molecular flexibility index (Phi) is 3.84. The maximum atomic E-state index is 11.6. The van der Waals surface area contributed by atoms with Gasteiger partial charge in [0.05, 0.1) is 12.2 Å². The van der Waals surface area contributed by atoms with Crippen LogP contribution in [0.4, 0.5) is 5.69 Å². The van der Waals surface area contributed by atoms with Crippen molar-refractivity contribution in [3.8, 4) is 0 Å². The fourth-order valence-electron chi connectivity index (χ4n) is 1.60. The van der Waals surface area contributed by atoms with Gasteiger partial charge in [0.2, 0.25) is 11.8 Å². The molecule has 0 fully saturated rings. The lowest BCUT2D eigenvalue weighted by Gasteiger charge is -2.04. The number of benzene rings is 1. The quantitative estimate of drug-likeness (QED) is 0.732. The molecule has 0 saturated carbocycles. The smallest absolute Gasteiger partial charge is 0.243 e. The minimum atomic E-state index is -0.370. The number of halogens is 1. The topological polar surface area (TPSA) is 74.0 Å². The summed E-state index contributed by atoms with van der Waals surface area (Å²) in [5, 5.41) is 6.04. The molecule has 18 heavy (non-hydrogen) atoms. The van der Waals surface area contributed by atoms with Crippen molar-refractivity contribution in [1.29, 1.82) is 0 Å². The van der Waals surface area contributed by atoms with Gasteiger partial charge in [-0.3, -0.25) is 9.59 Å². The predicted molar refractivity (Wildman–Crippen MR) is 70.7 cm³/mol. The average Bonchev–Trinajstić information content (AvgIpc) is 2.79. The van der Waals surface area contributed by atoms with Crippen LogP contribution < -0.4 is 10.6 Å². The summed E-state index contributed by atoms with van der Waals surface area (Å²) in [7, 11) is 0. The van der Waals surface area contributed by atoms with Crippen LogP contribution in [0.2, 0.25) is 0 Å². The van der Waals surface area contributed by atoms with Crippen LogP contribution in [-0.4, -0.2) is 29.2 Å². The van der Waals surface area contributed by atoms with E-state index in [0.29, 0.717) is 5.69 Å². The summed E-state index contributed by atoms with van der Waals surface area (Å²) >= 11 is 5.31. The van der Waals surface area contributed by atoms with E-state index in [2.05, 4.69) is 15.6 Å². The molecule has 1 heterocycles.